The van der Waals surface area contributed by atoms with Crippen molar-refractivity contribution in [3.8, 4) is 0 Å². The van der Waals surface area contributed by atoms with Crippen molar-refractivity contribution in [1.29, 1.82) is 0 Å². The monoisotopic (exact) mass is 358 g/mol. The van der Waals surface area contributed by atoms with Gasteiger partial charge in [-0.05, 0) is 46.9 Å². The molecule has 0 spiro atoms. The van der Waals surface area contributed by atoms with E-state index in [0.717, 1.165) is 26.0 Å². The second kappa shape index (κ2) is 5.48. The van der Waals surface area contributed by atoms with Gasteiger partial charge in [0.15, 0.2) is 0 Å². The highest BCUT2D eigenvalue weighted by Gasteiger charge is 2.03. The first-order valence-corrected chi connectivity index (χ1v) is 7.06. The van der Waals surface area contributed by atoms with E-state index in [2.05, 4.69) is 44.7 Å². The first-order chi connectivity index (χ1) is 9.33. The molecule has 0 radical (unpaired) electrons. The van der Waals surface area contributed by atoms with Crippen molar-refractivity contribution in [3.05, 3.63) is 76.2 Å². The number of hydrogen-bond acceptors (Lipinski definition) is 2. The lowest BCUT2D eigenvalue weighted by molar-refractivity contribution is 1.28. The lowest BCUT2D eigenvalue weighted by Gasteiger charge is -2.04. The number of pyridine rings is 2. The van der Waals surface area contributed by atoms with Crippen molar-refractivity contribution in [2.24, 2.45) is 0 Å². The van der Waals surface area contributed by atoms with Gasteiger partial charge in [0.05, 0.1) is 16.7 Å². The molecule has 19 heavy (non-hydrogen) atoms. The van der Waals surface area contributed by atoms with Gasteiger partial charge in [0.25, 0.3) is 0 Å². The number of allylic oxidation sites excluding steroid dienone is 8. The van der Waals surface area contributed by atoms with Crippen LogP contribution < -0.4 is 0 Å². The summed E-state index contributed by atoms with van der Waals surface area (Å²) in [6.45, 7) is 0. The molecule has 1 aliphatic rings. The number of halogens is 1. The average Bonchev–Trinajstić information content (AvgIpc) is 2.38. The molecule has 0 amide bonds. The van der Waals surface area contributed by atoms with E-state index in [9.17, 15) is 0 Å². The summed E-state index contributed by atoms with van der Waals surface area (Å²) < 4.78 is 0.984. The molecule has 92 valence electrons. The standard InChI is InChI=1S/C16H11IN2/c17-16-11-10-14-15(19-16)9-8-13(18-14)12-6-4-2-1-3-5-7-12/h1-11H/b2-1-,3-1?,4-2?,5-3-,6-4-,7-5?,12-6?,12-7+. The molecule has 2 nitrogen and oxygen atoms in total. The quantitative estimate of drug-likeness (QED) is 0.561. The van der Waals surface area contributed by atoms with Crippen LogP contribution in [0.3, 0.4) is 0 Å². The normalized spacial score (nSPS) is 22.1. The Morgan fingerprint density at radius 1 is 0.737 bits per heavy atom. The number of fused-ring (bicyclic) bond motifs is 1. The maximum Gasteiger partial charge on any atom is 0.102 e. The Bertz CT molecular complexity index is 739. The molecule has 2 heterocycles. The van der Waals surface area contributed by atoms with Crippen molar-refractivity contribution in [3.63, 3.8) is 0 Å². The molecule has 0 unspecified atom stereocenters. The van der Waals surface area contributed by atoms with Crippen molar-refractivity contribution in [2.75, 3.05) is 0 Å². The second-order valence-electron chi connectivity index (χ2n) is 4.12. The Morgan fingerprint density at radius 2 is 1.47 bits per heavy atom. The van der Waals surface area contributed by atoms with Crippen LogP contribution in [0.1, 0.15) is 5.69 Å². The minimum Gasteiger partial charge on any atom is -0.246 e. The highest BCUT2D eigenvalue weighted by atomic mass is 127. The van der Waals surface area contributed by atoms with Crippen molar-refractivity contribution >= 4 is 39.2 Å². The molecule has 0 fully saturated rings. The second-order valence-corrected chi connectivity index (χ2v) is 5.22. The van der Waals surface area contributed by atoms with Crippen LogP contribution >= 0.6 is 22.6 Å². The highest BCUT2D eigenvalue weighted by Crippen LogP contribution is 2.19. The van der Waals surface area contributed by atoms with Gasteiger partial charge in [-0.3, -0.25) is 0 Å². The highest BCUT2D eigenvalue weighted by molar-refractivity contribution is 14.1. The fourth-order valence-electron chi connectivity index (χ4n) is 1.88. The summed E-state index contributed by atoms with van der Waals surface area (Å²) in [5, 5.41) is 0. The Labute approximate surface area is 125 Å². The predicted octanol–water partition coefficient (Wildman–Crippen LogP) is 4.30. The Kier molecular flexibility index (Phi) is 3.55. The topological polar surface area (TPSA) is 25.8 Å². The average molecular weight is 358 g/mol. The number of rotatable bonds is 1. The summed E-state index contributed by atoms with van der Waals surface area (Å²) >= 11 is 2.21. The Morgan fingerprint density at radius 3 is 2.42 bits per heavy atom. The molecular formula is C16H11IN2. The van der Waals surface area contributed by atoms with Crippen LogP contribution in [0.4, 0.5) is 0 Å². The number of hydrogen-bond donors (Lipinski definition) is 0. The maximum atomic E-state index is 4.67. The fourth-order valence-corrected chi connectivity index (χ4v) is 2.32. The molecule has 2 aromatic rings. The zero-order chi connectivity index (χ0) is 13.1. The molecule has 0 aromatic carbocycles. The van der Waals surface area contributed by atoms with Crippen LogP contribution in [0.15, 0.2) is 66.8 Å². The largest absolute Gasteiger partial charge is 0.246 e. The van der Waals surface area contributed by atoms with Gasteiger partial charge in [-0.1, -0.05) is 42.5 Å². The van der Waals surface area contributed by atoms with Crippen LogP contribution in [-0.2, 0) is 0 Å². The van der Waals surface area contributed by atoms with Gasteiger partial charge in [0, 0.05) is 5.57 Å². The van der Waals surface area contributed by atoms with E-state index in [0.29, 0.717) is 0 Å². The van der Waals surface area contributed by atoms with Gasteiger partial charge < -0.3 is 0 Å². The fraction of sp³-hybridized carbons (Fsp3) is 0. The molecule has 0 saturated heterocycles. The van der Waals surface area contributed by atoms with E-state index < -0.39 is 0 Å². The number of nitrogens with zero attached hydrogens (tertiary/aromatic N) is 2. The van der Waals surface area contributed by atoms with Gasteiger partial charge in [-0.15, -0.1) is 0 Å². The molecule has 3 heteroatoms. The lowest BCUT2D eigenvalue weighted by Crippen LogP contribution is -1.91. The minimum absolute atomic E-state index is 0.925. The van der Waals surface area contributed by atoms with E-state index in [1.54, 1.807) is 0 Å². The summed E-state index contributed by atoms with van der Waals surface area (Å²) in [6, 6.07) is 8.02. The molecule has 3 rings (SSSR count). The third kappa shape index (κ3) is 2.81. The molecule has 0 bridgehead atoms. The smallest absolute Gasteiger partial charge is 0.102 e. The van der Waals surface area contributed by atoms with Crippen LogP contribution in [0.25, 0.3) is 16.6 Å². The van der Waals surface area contributed by atoms with Crippen molar-refractivity contribution in [2.45, 2.75) is 0 Å². The Balaban J connectivity index is 2.08. The summed E-state index contributed by atoms with van der Waals surface area (Å²) in [6.07, 6.45) is 14.2. The van der Waals surface area contributed by atoms with Gasteiger partial charge >= 0.3 is 0 Å². The molecule has 0 N–H and O–H groups in total. The van der Waals surface area contributed by atoms with E-state index >= 15 is 0 Å². The molecule has 2 aromatic heterocycles. The van der Waals surface area contributed by atoms with Crippen LogP contribution in [0.2, 0.25) is 0 Å². The van der Waals surface area contributed by atoms with E-state index in [4.69, 9.17) is 0 Å². The SMILES string of the molecule is Ic1ccc2nc(C3=C/C=C\C=C/C=C\3)ccc2n1. The third-order valence-electron chi connectivity index (χ3n) is 2.80. The van der Waals surface area contributed by atoms with Crippen LogP contribution in [0.5, 0.6) is 0 Å². The minimum atomic E-state index is 0.925. The zero-order valence-electron chi connectivity index (χ0n) is 10.1. The predicted molar refractivity (Wildman–Crippen MR) is 87.7 cm³/mol. The summed E-state index contributed by atoms with van der Waals surface area (Å²) in [7, 11) is 0. The van der Waals surface area contributed by atoms with Gasteiger partial charge in [-0.2, -0.15) is 0 Å². The first kappa shape index (κ1) is 12.3. The molecular weight excluding hydrogens is 347 g/mol. The lowest BCUT2D eigenvalue weighted by atomic mass is 10.1. The van der Waals surface area contributed by atoms with Crippen LogP contribution in [0, 0.1) is 3.70 Å². The van der Waals surface area contributed by atoms with E-state index in [1.807, 2.05) is 54.6 Å². The summed E-state index contributed by atoms with van der Waals surface area (Å²) in [5.74, 6) is 0. The van der Waals surface area contributed by atoms with Gasteiger partial charge in [0.1, 0.15) is 3.70 Å². The van der Waals surface area contributed by atoms with Crippen LogP contribution in [-0.4, -0.2) is 9.97 Å². The number of aromatic nitrogens is 2. The van der Waals surface area contributed by atoms with E-state index in [1.165, 1.54) is 0 Å². The summed E-state index contributed by atoms with van der Waals surface area (Å²) in [5.41, 5.74) is 3.92. The van der Waals surface area contributed by atoms with Crippen molar-refractivity contribution < 1.29 is 0 Å². The van der Waals surface area contributed by atoms with E-state index in [-0.39, 0.29) is 0 Å². The molecule has 1 aliphatic carbocycles. The van der Waals surface area contributed by atoms with Gasteiger partial charge in [-0.25, -0.2) is 9.97 Å². The molecule has 0 saturated carbocycles. The zero-order valence-corrected chi connectivity index (χ0v) is 12.3. The van der Waals surface area contributed by atoms with Gasteiger partial charge in [0.2, 0.25) is 0 Å². The van der Waals surface area contributed by atoms with Crippen molar-refractivity contribution in [1.82, 2.24) is 9.97 Å². The maximum absolute atomic E-state index is 4.67. The first-order valence-electron chi connectivity index (χ1n) is 5.98. The molecule has 0 atom stereocenters. The Hall–Kier alpha value is -1.75. The summed E-state index contributed by atoms with van der Waals surface area (Å²) in [4.78, 5) is 9.13. The molecule has 0 aliphatic heterocycles. The third-order valence-corrected chi connectivity index (χ3v) is 3.40.